The van der Waals surface area contributed by atoms with Gasteiger partial charge in [0, 0.05) is 45.3 Å². The minimum Gasteiger partial charge on any atom is -0.492 e. The molecule has 0 unspecified atom stereocenters. The summed E-state index contributed by atoms with van der Waals surface area (Å²) in [5.74, 6) is 0.921. The third-order valence-electron chi connectivity index (χ3n) is 5.11. The van der Waals surface area contributed by atoms with Crippen molar-refractivity contribution in [3.05, 3.63) is 29.8 Å². The predicted molar refractivity (Wildman–Crippen MR) is 98.0 cm³/mol. The van der Waals surface area contributed by atoms with Gasteiger partial charge in [-0.15, -0.1) is 0 Å². The Morgan fingerprint density at radius 1 is 1.12 bits per heavy atom. The molecule has 2 saturated heterocycles. The molecule has 0 amide bonds. The third-order valence-corrected chi connectivity index (χ3v) is 5.11. The third kappa shape index (κ3) is 5.39. The fraction of sp³-hybridized carbons (Fsp3) is 0.684. The summed E-state index contributed by atoms with van der Waals surface area (Å²) in [6.45, 7) is 7.83. The average molecular weight is 349 g/mol. The van der Waals surface area contributed by atoms with Crippen LogP contribution in [-0.4, -0.2) is 98.6 Å². The van der Waals surface area contributed by atoms with Gasteiger partial charge in [-0.2, -0.15) is 0 Å². The highest BCUT2D eigenvalue weighted by molar-refractivity contribution is 5.27. The Kier molecular flexibility index (Phi) is 6.67. The first-order valence-electron chi connectivity index (χ1n) is 9.20. The summed E-state index contributed by atoms with van der Waals surface area (Å²) < 4.78 is 11.2. The molecular formula is C19H31N3O3. The number of ether oxygens (including phenoxy) is 2. The van der Waals surface area contributed by atoms with E-state index in [0.717, 1.165) is 58.2 Å². The number of nitrogens with zero attached hydrogens (tertiary/aromatic N) is 3. The molecule has 0 bridgehead atoms. The van der Waals surface area contributed by atoms with Crippen molar-refractivity contribution in [2.24, 2.45) is 0 Å². The number of benzene rings is 1. The molecule has 0 saturated carbocycles. The molecule has 1 aromatic carbocycles. The standard InChI is InChI=1S/C19H31N3O3/c1-20(2)18-14-22(15-19(18)23)13-16-3-5-17(6-4-16)25-12-9-21-7-10-24-11-8-21/h3-6,18-19,23H,7-15H2,1-2H3/t18-,19-/m0/s1. The number of hydrogen-bond donors (Lipinski definition) is 1. The normalized spacial score (nSPS) is 25.6. The molecule has 140 valence electrons. The molecule has 6 heteroatoms. The van der Waals surface area contributed by atoms with Crippen LogP contribution in [0.5, 0.6) is 5.75 Å². The number of β-amino-alcohol motifs (C(OH)–C–C–N with tert-alkyl or cyclic N) is 1. The Morgan fingerprint density at radius 2 is 1.84 bits per heavy atom. The molecule has 0 aliphatic carbocycles. The van der Waals surface area contributed by atoms with Gasteiger partial charge in [0.25, 0.3) is 0 Å². The number of aliphatic hydroxyl groups is 1. The first-order valence-corrected chi connectivity index (χ1v) is 9.20. The number of hydrogen-bond acceptors (Lipinski definition) is 6. The molecule has 0 radical (unpaired) electrons. The van der Waals surface area contributed by atoms with E-state index in [4.69, 9.17) is 9.47 Å². The summed E-state index contributed by atoms with van der Waals surface area (Å²) in [5.41, 5.74) is 1.26. The van der Waals surface area contributed by atoms with E-state index in [9.17, 15) is 5.11 Å². The van der Waals surface area contributed by atoms with Gasteiger partial charge >= 0.3 is 0 Å². The molecule has 2 fully saturated rings. The Labute approximate surface area is 150 Å². The fourth-order valence-electron chi connectivity index (χ4n) is 3.55. The molecule has 2 heterocycles. The zero-order valence-corrected chi connectivity index (χ0v) is 15.4. The SMILES string of the molecule is CN(C)[C@H]1CN(Cc2ccc(OCCN3CCOCC3)cc2)C[C@@H]1O. The molecule has 2 aliphatic rings. The van der Waals surface area contributed by atoms with Crippen molar-refractivity contribution < 1.29 is 14.6 Å². The Hall–Kier alpha value is -1.18. The van der Waals surface area contributed by atoms with Crippen molar-refractivity contribution in [1.29, 1.82) is 0 Å². The fourth-order valence-corrected chi connectivity index (χ4v) is 3.55. The van der Waals surface area contributed by atoms with Crippen LogP contribution in [0.4, 0.5) is 0 Å². The van der Waals surface area contributed by atoms with E-state index in [-0.39, 0.29) is 12.1 Å². The molecule has 0 aromatic heterocycles. The number of rotatable bonds is 7. The summed E-state index contributed by atoms with van der Waals surface area (Å²) in [5, 5.41) is 10.1. The van der Waals surface area contributed by atoms with Crippen LogP contribution in [0.3, 0.4) is 0 Å². The second kappa shape index (κ2) is 8.96. The van der Waals surface area contributed by atoms with Gasteiger partial charge < -0.3 is 19.5 Å². The number of morpholine rings is 1. The lowest BCUT2D eigenvalue weighted by Gasteiger charge is -2.26. The smallest absolute Gasteiger partial charge is 0.119 e. The van der Waals surface area contributed by atoms with Gasteiger partial charge in [-0.3, -0.25) is 9.80 Å². The second-order valence-electron chi connectivity index (χ2n) is 7.24. The zero-order valence-electron chi connectivity index (χ0n) is 15.4. The van der Waals surface area contributed by atoms with Crippen molar-refractivity contribution in [2.45, 2.75) is 18.7 Å². The number of likely N-dealkylation sites (N-methyl/N-ethyl adjacent to an activating group) is 1. The topological polar surface area (TPSA) is 48.4 Å². The second-order valence-corrected chi connectivity index (χ2v) is 7.24. The summed E-state index contributed by atoms with van der Waals surface area (Å²) in [6, 6.07) is 8.57. The minimum absolute atomic E-state index is 0.225. The maximum atomic E-state index is 10.1. The average Bonchev–Trinajstić information content (AvgIpc) is 2.98. The van der Waals surface area contributed by atoms with E-state index >= 15 is 0 Å². The van der Waals surface area contributed by atoms with Gasteiger partial charge in [0.2, 0.25) is 0 Å². The first-order chi connectivity index (χ1) is 12.1. The highest BCUT2D eigenvalue weighted by atomic mass is 16.5. The molecule has 3 rings (SSSR count). The number of likely N-dealkylation sites (tertiary alicyclic amines) is 1. The van der Waals surface area contributed by atoms with Gasteiger partial charge in [-0.05, 0) is 31.8 Å². The highest BCUT2D eigenvalue weighted by Crippen LogP contribution is 2.19. The van der Waals surface area contributed by atoms with Crippen molar-refractivity contribution in [1.82, 2.24) is 14.7 Å². The molecule has 1 N–H and O–H groups in total. The molecular weight excluding hydrogens is 318 g/mol. The molecule has 2 atom stereocenters. The van der Waals surface area contributed by atoms with Crippen molar-refractivity contribution in [2.75, 3.05) is 66.6 Å². The van der Waals surface area contributed by atoms with Crippen LogP contribution in [0.2, 0.25) is 0 Å². The maximum absolute atomic E-state index is 10.1. The van der Waals surface area contributed by atoms with Crippen LogP contribution in [0.25, 0.3) is 0 Å². The largest absolute Gasteiger partial charge is 0.492 e. The van der Waals surface area contributed by atoms with Crippen LogP contribution in [0.15, 0.2) is 24.3 Å². The van der Waals surface area contributed by atoms with Crippen molar-refractivity contribution in [3.63, 3.8) is 0 Å². The molecule has 25 heavy (non-hydrogen) atoms. The van der Waals surface area contributed by atoms with Gasteiger partial charge in [-0.25, -0.2) is 0 Å². The lowest BCUT2D eigenvalue weighted by Crippen LogP contribution is -2.38. The van der Waals surface area contributed by atoms with Gasteiger partial charge in [0.1, 0.15) is 12.4 Å². The Balaban J connectivity index is 1.41. The van der Waals surface area contributed by atoms with E-state index in [1.165, 1.54) is 5.56 Å². The van der Waals surface area contributed by atoms with Gasteiger partial charge in [-0.1, -0.05) is 12.1 Å². The van der Waals surface area contributed by atoms with E-state index in [2.05, 4.69) is 26.8 Å². The summed E-state index contributed by atoms with van der Waals surface area (Å²) in [6.07, 6.45) is -0.266. The lowest BCUT2D eigenvalue weighted by molar-refractivity contribution is 0.0322. The predicted octanol–water partition coefficient (Wildman–Crippen LogP) is 0.504. The first kappa shape index (κ1) is 18.6. The van der Waals surface area contributed by atoms with Crippen LogP contribution in [0, 0.1) is 0 Å². The van der Waals surface area contributed by atoms with Crippen molar-refractivity contribution in [3.8, 4) is 5.75 Å². The Bertz CT molecular complexity index is 517. The number of aliphatic hydroxyl groups excluding tert-OH is 1. The minimum atomic E-state index is -0.266. The summed E-state index contributed by atoms with van der Waals surface area (Å²) in [7, 11) is 4.06. The highest BCUT2D eigenvalue weighted by Gasteiger charge is 2.32. The van der Waals surface area contributed by atoms with Crippen LogP contribution in [0.1, 0.15) is 5.56 Å². The lowest BCUT2D eigenvalue weighted by atomic mass is 10.2. The quantitative estimate of drug-likeness (QED) is 0.774. The zero-order chi connectivity index (χ0) is 17.6. The molecule has 2 aliphatic heterocycles. The maximum Gasteiger partial charge on any atom is 0.119 e. The summed E-state index contributed by atoms with van der Waals surface area (Å²) >= 11 is 0. The van der Waals surface area contributed by atoms with Gasteiger partial charge in [0.05, 0.1) is 19.3 Å². The van der Waals surface area contributed by atoms with Crippen molar-refractivity contribution >= 4 is 0 Å². The molecule has 6 nitrogen and oxygen atoms in total. The monoisotopic (exact) mass is 349 g/mol. The van der Waals surface area contributed by atoms with Gasteiger partial charge in [0.15, 0.2) is 0 Å². The molecule has 1 aromatic rings. The van der Waals surface area contributed by atoms with E-state index in [1.807, 2.05) is 26.2 Å². The molecule has 0 spiro atoms. The van der Waals surface area contributed by atoms with E-state index in [1.54, 1.807) is 0 Å². The summed E-state index contributed by atoms with van der Waals surface area (Å²) in [4.78, 5) is 6.79. The van der Waals surface area contributed by atoms with E-state index < -0.39 is 0 Å². The Morgan fingerprint density at radius 3 is 2.48 bits per heavy atom. The van der Waals surface area contributed by atoms with Crippen LogP contribution >= 0.6 is 0 Å². The van der Waals surface area contributed by atoms with E-state index in [0.29, 0.717) is 6.61 Å². The van der Waals surface area contributed by atoms with Crippen LogP contribution in [-0.2, 0) is 11.3 Å². The van der Waals surface area contributed by atoms with Crippen LogP contribution < -0.4 is 4.74 Å².